The molecule has 1 aliphatic rings. The van der Waals surface area contributed by atoms with Crippen LogP contribution in [0.25, 0.3) is 0 Å². The molecule has 1 atom stereocenters. The monoisotopic (exact) mass is 460 g/mol. The third kappa shape index (κ3) is 4.96. The number of halogens is 2. The van der Waals surface area contributed by atoms with Crippen LogP contribution in [0.15, 0.2) is 21.1 Å². The highest BCUT2D eigenvalue weighted by molar-refractivity contribution is 9.11. The fourth-order valence-corrected chi connectivity index (χ4v) is 4.97. The normalized spacial score (nSPS) is 18.5. The first-order valence-corrected chi connectivity index (χ1v) is 10.8. The van der Waals surface area contributed by atoms with E-state index < -0.39 is 5.60 Å². The second-order valence-corrected chi connectivity index (χ2v) is 8.67. The largest absolute Gasteiger partial charge is 0.397 e. The van der Waals surface area contributed by atoms with E-state index in [9.17, 15) is 5.11 Å². The molecular formula is C19H30Br2N2O. The SMILES string of the molecule is CCCNCCCC(O)(c1cc(Br)c(N)c(Br)c1)C1CCCCC1. The fourth-order valence-electron chi connectivity index (χ4n) is 3.78. The van der Waals surface area contributed by atoms with Crippen molar-refractivity contribution in [2.24, 2.45) is 5.92 Å². The van der Waals surface area contributed by atoms with Crippen molar-refractivity contribution >= 4 is 37.5 Å². The molecule has 0 saturated heterocycles. The quantitative estimate of drug-likeness (QED) is 0.361. The van der Waals surface area contributed by atoms with Crippen LogP contribution >= 0.6 is 31.9 Å². The van der Waals surface area contributed by atoms with Crippen molar-refractivity contribution in [3.63, 3.8) is 0 Å². The number of benzene rings is 1. The summed E-state index contributed by atoms with van der Waals surface area (Å²) in [6.07, 6.45) is 8.86. The lowest BCUT2D eigenvalue weighted by Gasteiger charge is -2.39. The Morgan fingerprint density at radius 1 is 1.17 bits per heavy atom. The van der Waals surface area contributed by atoms with Crippen molar-refractivity contribution in [3.8, 4) is 0 Å². The summed E-state index contributed by atoms with van der Waals surface area (Å²) in [5, 5.41) is 15.1. The Labute approximate surface area is 163 Å². The van der Waals surface area contributed by atoms with Gasteiger partial charge in [0.05, 0.1) is 11.3 Å². The van der Waals surface area contributed by atoms with E-state index in [0.29, 0.717) is 11.6 Å². The zero-order chi connectivity index (χ0) is 17.6. The number of anilines is 1. The number of nitrogen functional groups attached to an aromatic ring is 1. The molecule has 0 bridgehead atoms. The summed E-state index contributed by atoms with van der Waals surface area (Å²) in [6.45, 7) is 4.18. The average molecular weight is 462 g/mol. The topological polar surface area (TPSA) is 58.3 Å². The van der Waals surface area contributed by atoms with Crippen LogP contribution in [0.4, 0.5) is 5.69 Å². The van der Waals surface area contributed by atoms with Gasteiger partial charge in [-0.25, -0.2) is 0 Å². The van der Waals surface area contributed by atoms with E-state index in [1.807, 2.05) is 12.1 Å². The summed E-state index contributed by atoms with van der Waals surface area (Å²) < 4.78 is 1.70. The zero-order valence-corrected chi connectivity index (χ0v) is 17.8. The molecule has 0 aromatic heterocycles. The summed E-state index contributed by atoms with van der Waals surface area (Å²) >= 11 is 7.07. The lowest BCUT2D eigenvalue weighted by atomic mass is 9.71. The van der Waals surface area contributed by atoms with Crippen LogP contribution in [0, 0.1) is 5.92 Å². The highest BCUT2D eigenvalue weighted by Gasteiger charge is 2.38. The van der Waals surface area contributed by atoms with Crippen LogP contribution in [0.2, 0.25) is 0 Å². The second kappa shape index (κ2) is 9.56. The maximum Gasteiger partial charge on any atom is 0.0925 e. The Bertz CT molecular complexity index is 509. The summed E-state index contributed by atoms with van der Waals surface area (Å²) in [7, 11) is 0. The van der Waals surface area contributed by atoms with Gasteiger partial charge < -0.3 is 16.2 Å². The first-order chi connectivity index (χ1) is 11.5. The summed E-state index contributed by atoms with van der Waals surface area (Å²) in [6, 6.07) is 4.02. The number of aliphatic hydroxyl groups is 1. The van der Waals surface area contributed by atoms with Crippen molar-refractivity contribution in [2.45, 2.75) is 63.9 Å². The van der Waals surface area contributed by atoms with Crippen LogP contribution in [0.5, 0.6) is 0 Å². The van der Waals surface area contributed by atoms with Gasteiger partial charge in [0.2, 0.25) is 0 Å². The highest BCUT2D eigenvalue weighted by Crippen LogP contribution is 2.44. The Morgan fingerprint density at radius 3 is 2.38 bits per heavy atom. The molecule has 1 aliphatic carbocycles. The van der Waals surface area contributed by atoms with Gasteiger partial charge in [0.1, 0.15) is 0 Å². The van der Waals surface area contributed by atoms with Gasteiger partial charge in [0.25, 0.3) is 0 Å². The molecular weight excluding hydrogens is 432 g/mol. The van der Waals surface area contributed by atoms with Crippen LogP contribution in [-0.4, -0.2) is 18.2 Å². The second-order valence-electron chi connectivity index (χ2n) is 6.97. The average Bonchev–Trinajstić information content (AvgIpc) is 2.59. The molecule has 0 heterocycles. The number of hydrogen-bond acceptors (Lipinski definition) is 3. The van der Waals surface area contributed by atoms with Gasteiger partial charge in [0.15, 0.2) is 0 Å². The van der Waals surface area contributed by atoms with Crippen LogP contribution < -0.4 is 11.1 Å². The minimum absolute atomic E-state index is 0.333. The van der Waals surface area contributed by atoms with E-state index in [1.165, 1.54) is 19.3 Å². The van der Waals surface area contributed by atoms with Crippen LogP contribution in [-0.2, 0) is 5.60 Å². The van der Waals surface area contributed by atoms with Crippen molar-refractivity contribution in [1.29, 1.82) is 0 Å². The molecule has 2 rings (SSSR count). The minimum atomic E-state index is -0.771. The number of nitrogens with one attached hydrogen (secondary N) is 1. The molecule has 3 nitrogen and oxygen atoms in total. The molecule has 1 unspecified atom stereocenters. The molecule has 1 aromatic rings. The van der Waals surface area contributed by atoms with Gasteiger partial charge in [-0.2, -0.15) is 0 Å². The lowest BCUT2D eigenvalue weighted by Crippen LogP contribution is -2.37. The maximum atomic E-state index is 11.7. The summed E-state index contributed by atoms with van der Waals surface area (Å²) in [4.78, 5) is 0. The Kier molecular flexibility index (Phi) is 8.05. The van der Waals surface area contributed by atoms with Crippen LogP contribution in [0.3, 0.4) is 0 Å². The van der Waals surface area contributed by atoms with E-state index in [4.69, 9.17) is 5.73 Å². The van der Waals surface area contributed by atoms with Crippen molar-refractivity contribution in [1.82, 2.24) is 5.32 Å². The van der Waals surface area contributed by atoms with Gasteiger partial charge in [-0.15, -0.1) is 0 Å². The lowest BCUT2D eigenvalue weighted by molar-refractivity contribution is -0.0475. The molecule has 0 radical (unpaired) electrons. The van der Waals surface area contributed by atoms with E-state index in [0.717, 1.165) is 59.7 Å². The first kappa shape index (κ1) is 20.2. The molecule has 0 aliphatic heterocycles. The molecule has 0 amide bonds. The molecule has 1 aromatic carbocycles. The van der Waals surface area contributed by atoms with Gasteiger partial charge >= 0.3 is 0 Å². The number of nitrogens with two attached hydrogens (primary N) is 1. The van der Waals surface area contributed by atoms with Gasteiger partial charge in [-0.1, -0.05) is 26.2 Å². The van der Waals surface area contributed by atoms with E-state index in [1.54, 1.807) is 0 Å². The third-order valence-corrected chi connectivity index (χ3v) is 6.51. The summed E-state index contributed by atoms with van der Waals surface area (Å²) in [5.74, 6) is 0.333. The predicted molar refractivity (Wildman–Crippen MR) is 109 cm³/mol. The summed E-state index contributed by atoms with van der Waals surface area (Å²) in [5.41, 5.74) is 6.94. The molecule has 136 valence electrons. The Balaban J connectivity index is 2.21. The molecule has 0 spiro atoms. The Hall–Kier alpha value is -0.100. The smallest absolute Gasteiger partial charge is 0.0925 e. The maximum absolute atomic E-state index is 11.7. The van der Waals surface area contributed by atoms with Crippen molar-refractivity contribution in [3.05, 3.63) is 26.6 Å². The van der Waals surface area contributed by atoms with Crippen LogP contribution in [0.1, 0.15) is 63.9 Å². The van der Waals surface area contributed by atoms with Crippen molar-refractivity contribution < 1.29 is 5.11 Å². The number of hydrogen-bond donors (Lipinski definition) is 3. The van der Waals surface area contributed by atoms with Gasteiger partial charge in [0, 0.05) is 8.95 Å². The minimum Gasteiger partial charge on any atom is -0.397 e. The molecule has 1 saturated carbocycles. The third-order valence-electron chi connectivity index (χ3n) is 5.20. The standard InChI is InChI=1S/C19H30Br2N2O/c1-2-10-23-11-6-9-19(24,14-7-4-3-5-8-14)15-12-16(20)18(22)17(21)13-15/h12-14,23-24H,2-11,22H2,1H3. The van der Waals surface area contributed by atoms with E-state index in [-0.39, 0.29) is 0 Å². The van der Waals surface area contributed by atoms with E-state index in [2.05, 4.69) is 44.1 Å². The highest BCUT2D eigenvalue weighted by atomic mass is 79.9. The van der Waals surface area contributed by atoms with Gasteiger partial charge in [-0.05, 0) is 101 Å². The first-order valence-electron chi connectivity index (χ1n) is 9.17. The Morgan fingerprint density at radius 2 is 1.79 bits per heavy atom. The fraction of sp³-hybridized carbons (Fsp3) is 0.684. The molecule has 1 fully saturated rings. The molecule has 4 N–H and O–H groups in total. The number of rotatable bonds is 8. The van der Waals surface area contributed by atoms with E-state index >= 15 is 0 Å². The molecule has 5 heteroatoms. The predicted octanol–water partition coefficient (Wildman–Crippen LogP) is 5.34. The van der Waals surface area contributed by atoms with Crippen molar-refractivity contribution in [2.75, 3.05) is 18.8 Å². The zero-order valence-electron chi connectivity index (χ0n) is 14.6. The molecule has 24 heavy (non-hydrogen) atoms. The van der Waals surface area contributed by atoms with Gasteiger partial charge in [-0.3, -0.25) is 0 Å².